The van der Waals surface area contributed by atoms with Gasteiger partial charge in [-0.25, -0.2) is 4.79 Å². The lowest BCUT2D eigenvalue weighted by molar-refractivity contribution is -0.156. The molecule has 0 aliphatic heterocycles. The first-order valence-electron chi connectivity index (χ1n) is 6.99. The summed E-state index contributed by atoms with van der Waals surface area (Å²) in [6, 6.07) is 0. The zero-order chi connectivity index (χ0) is 13.1. The number of unbranched alkanes of at least 4 members (excludes halogenated alkanes) is 1. The summed E-state index contributed by atoms with van der Waals surface area (Å²) in [7, 11) is 0. The Labute approximate surface area is 106 Å². The molecule has 0 aliphatic carbocycles. The molecule has 0 spiro atoms. The standard InChI is InChI=1S/C14H28O3/c1-4-7-10-12(8-5-2)13(9-6-3)17-14(16)11-15/h12-13,15H,4-11H2,1-3H3. The lowest BCUT2D eigenvalue weighted by Crippen LogP contribution is -2.28. The Bertz CT molecular complexity index is 192. The molecule has 0 aromatic heterocycles. The second-order valence-corrected chi connectivity index (χ2v) is 4.67. The van der Waals surface area contributed by atoms with Crippen molar-refractivity contribution in [2.24, 2.45) is 5.92 Å². The Kier molecular flexibility index (Phi) is 10.2. The van der Waals surface area contributed by atoms with Crippen LogP contribution in [0.1, 0.15) is 65.7 Å². The SMILES string of the molecule is CCCCC(CCC)C(CCC)OC(=O)CO. The van der Waals surface area contributed by atoms with E-state index in [9.17, 15) is 4.79 Å². The van der Waals surface area contributed by atoms with Gasteiger partial charge in [-0.3, -0.25) is 0 Å². The highest BCUT2D eigenvalue weighted by atomic mass is 16.6. The summed E-state index contributed by atoms with van der Waals surface area (Å²) in [5.41, 5.74) is 0. The van der Waals surface area contributed by atoms with Crippen molar-refractivity contribution in [1.29, 1.82) is 0 Å². The van der Waals surface area contributed by atoms with Crippen molar-refractivity contribution in [2.75, 3.05) is 6.61 Å². The number of rotatable bonds is 10. The van der Waals surface area contributed by atoms with E-state index >= 15 is 0 Å². The molecule has 3 nitrogen and oxygen atoms in total. The van der Waals surface area contributed by atoms with Gasteiger partial charge in [-0.2, -0.15) is 0 Å². The molecule has 3 heteroatoms. The summed E-state index contributed by atoms with van der Waals surface area (Å²) in [5, 5.41) is 8.77. The van der Waals surface area contributed by atoms with Crippen molar-refractivity contribution >= 4 is 5.97 Å². The van der Waals surface area contributed by atoms with E-state index in [0.29, 0.717) is 5.92 Å². The minimum absolute atomic E-state index is 0.00819. The zero-order valence-corrected chi connectivity index (χ0v) is 11.6. The number of esters is 1. The van der Waals surface area contributed by atoms with Crippen molar-refractivity contribution in [3.63, 3.8) is 0 Å². The highest BCUT2D eigenvalue weighted by molar-refractivity contribution is 5.70. The summed E-state index contributed by atoms with van der Waals surface area (Å²) in [5.74, 6) is -0.0311. The number of hydrogen-bond donors (Lipinski definition) is 1. The maximum Gasteiger partial charge on any atom is 0.332 e. The number of ether oxygens (including phenoxy) is 1. The normalized spacial score (nSPS) is 14.4. The average Bonchev–Trinajstić information content (AvgIpc) is 2.33. The van der Waals surface area contributed by atoms with Gasteiger partial charge in [0, 0.05) is 0 Å². The molecule has 0 aliphatic rings. The third kappa shape index (κ3) is 7.37. The van der Waals surface area contributed by atoms with Gasteiger partial charge in [0.1, 0.15) is 12.7 Å². The van der Waals surface area contributed by atoms with Crippen LogP contribution in [0.3, 0.4) is 0 Å². The summed E-state index contributed by atoms with van der Waals surface area (Å²) < 4.78 is 5.36. The van der Waals surface area contributed by atoms with Crippen molar-refractivity contribution in [1.82, 2.24) is 0 Å². The van der Waals surface area contributed by atoms with Gasteiger partial charge in [0.15, 0.2) is 0 Å². The average molecular weight is 244 g/mol. The van der Waals surface area contributed by atoms with E-state index in [0.717, 1.165) is 32.1 Å². The van der Waals surface area contributed by atoms with Crippen LogP contribution in [0, 0.1) is 5.92 Å². The molecule has 1 N–H and O–H groups in total. The number of aliphatic hydroxyl groups is 1. The summed E-state index contributed by atoms with van der Waals surface area (Å²) in [6.07, 6.45) is 7.60. The van der Waals surface area contributed by atoms with Crippen molar-refractivity contribution in [3.05, 3.63) is 0 Å². The molecule has 0 rings (SSSR count). The molecule has 17 heavy (non-hydrogen) atoms. The predicted octanol–water partition coefficient (Wildman–Crippen LogP) is 3.30. The van der Waals surface area contributed by atoms with Crippen LogP contribution in [-0.2, 0) is 9.53 Å². The van der Waals surface area contributed by atoms with Crippen LogP contribution in [0.5, 0.6) is 0 Å². The maximum atomic E-state index is 11.2. The Hall–Kier alpha value is -0.570. The van der Waals surface area contributed by atoms with Crippen LogP contribution in [0.25, 0.3) is 0 Å². The second-order valence-electron chi connectivity index (χ2n) is 4.67. The van der Waals surface area contributed by atoms with Gasteiger partial charge >= 0.3 is 5.97 Å². The van der Waals surface area contributed by atoms with Gasteiger partial charge in [-0.1, -0.05) is 46.5 Å². The van der Waals surface area contributed by atoms with E-state index < -0.39 is 12.6 Å². The monoisotopic (exact) mass is 244 g/mol. The largest absolute Gasteiger partial charge is 0.460 e. The van der Waals surface area contributed by atoms with E-state index in [4.69, 9.17) is 9.84 Å². The highest BCUT2D eigenvalue weighted by Gasteiger charge is 2.23. The summed E-state index contributed by atoms with van der Waals surface area (Å²) >= 11 is 0. The number of aliphatic hydroxyl groups excluding tert-OH is 1. The molecular formula is C14H28O3. The van der Waals surface area contributed by atoms with Gasteiger partial charge in [0.2, 0.25) is 0 Å². The first-order valence-corrected chi connectivity index (χ1v) is 6.99. The van der Waals surface area contributed by atoms with E-state index in [1.165, 1.54) is 12.8 Å². The Balaban J connectivity index is 4.39. The number of carbonyl (C=O) groups is 1. The maximum absolute atomic E-state index is 11.2. The molecule has 0 heterocycles. The van der Waals surface area contributed by atoms with E-state index in [1.54, 1.807) is 0 Å². The fraction of sp³-hybridized carbons (Fsp3) is 0.929. The third-order valence-corrected chi connectivity index (χ3v) is 3.10. The lowest BCUT2D eigenvalue weighted by atomic mass is 9.89. The summed E-state index contributed by atoms with van der Waals surface area (Å²) in [6.45, 7) is 5.93. The zero-order valence-electron chi connectivity index (χ0n) is 11.6. The predicted molar refractivity (Wildman–Crippen MR) is 69.8 cm³/mol. The highest BCUT2D eigenvalue weighted by Crippen LogP contribution is 2.24. The quantitative estimate of drug-likeness (QED) is 0.600. The molecule has 102 valence electrons. The van der Waals surface area contributed by atoms with E-state index in [-0.39, 0.29) is 6.10 Å². The van der Waals surface area contributed by atoms with Crippen LogP contribution in [0.2, 0.25) is 0 Å². The lowest BCUT2D eigenvalue weighted by Gasteiger charge is -2.26. The second kappa shape index (κ2) is 10.6. The number of carbonyl (C=O) groups excluding carboxylic acids is 1. The summed E-state index contributed by atoms with van der Waals surface area (Å²) in [4.78, 5) is 11.2. The molecule has 2 unspecified atom stereocenters. The molecule has 0 fully saturated rings. The van der Waals surface area contributed by atoms with Gasteiger partial charge in [-0.15, -0.1) is 0 Å². The van der Waals surface area contributed by atoms with Gasteiger partial charge in [0.05, 0.1) is 0 Å². The molecular weight excluding hydrogens is 216 g/mol. The minimum Gasteiger partial charge on any atom is -0.460 e. The molecule has 0 bridgehead atoms. The Morgan fingerprint density at radius 1 is 1.06 bits per heavy atom. The Morgan fingerprint density at radius 3 is 2.18 bits per heavy atom. The fourth-order valence-electron chi connectivity index (χ4n) is 2.23. The fourth-order valence-corrected chi connectivity index (χ4v) is 2.23. The van der Waals surface area contributed by atoms with Gasteiger partial charge in [0.25, 0.3) is 0 Å². The third-order valence-electron chi connectivity index (χ3n) is 3.10. The van der Waals surface area contributed by atoms with E-state index in [1.807, 2.05) is 0 Å². The van der Waals surface area contributed by atoms with Crippen molar-refractivity contribution < 1.29 is 14.6 Å². The first-order chi connectivity index (χ1) is 8.19. The van der Waals surface area contributed by atoms with Crippen molar-refractivity contribution in [3.8, 4) is 0 Å². The van der Waals surface area contributed by atoms with E-state index in [2.05, 4.69) is 20.8 Å². The minimum atomic E-state index is -0.507. The van der Waals surface area contributed by atoms with Crippen LogP contribution >= 0.6 is 0 Å². The molecule has 0 radical (unpaired) electrons. The Morgan fingerprint density at radius 2 is 1.71 bits per heavy atom. The molecule has 0 amide bonds. The number of hydrogen-bond acceptors (Lipinski definition) is 3. The van der Waals surface area contributed by atoms with Crippen LogP contribution in [0.15, 0.2) is 0 Å². The molecule has 0 aromatic carbocycles. The molecule has 0 saturated heterocycles. The molecule has 0 aromatic rings. The smallest absolute Gasteiger partial charge is 0.332 e. The molecule has 0 saturated carbocycles. The van der Waals surface area contributed by atoms with Crippen LogP contribution < -0.4 is 0 Å². The topological polar surface area (TPSA) is 46.5 Å². The molecule has 2 atom stereocenters. The van der Waals surface area contributed by atoms with Crippen LogP contribution in [0.4, 0.5) is 0 Å². The van der Waals surface area contributed by atoms with Crippen molar-refractivity contribution in [2.45, 2.75) is 71.8 Å². The van der Waals surface area contributed by atoms with Gasteiger partial charge in [-0.05, 0) is 25.2 Å². The first kappa shape index (κ1) is 16.4. The van der Waals surface area contributed by atoms with Gasteiger partial charge < -0.3 is 9.84 Å². The van der Waals surface area contributed by atoms with Crippen LogP contribution in [-0.4, -0.2) is 23.8 Å².